The second kappa shape index (κ2) is 5.37. The summed E-state index contributed by atoms with van der Waals surface area (Å²) in [6.07, 6.45) is 4.57. The summed E-state index contributed by atoms with van der Waals surface area (Å²) in [5.74, 6) is 1.78. The zero-order valence-electron chi connectivity index (χ0n) is 11.9. The molecule has 4 nitrogen and oxygen atoms in total. The molecule has 19 heavy (non-hydrogen) atoms. The number of alkyl halides is 1. The first-order chi connectivity index (χ1) is 8.99. The molecular formula is C14H21ClN4. The van der Waals surface area contributed by atoms with Crippen LogP contribution in [0.15, 0.2) is 18.5 Å². The molecule has 104 valence electrons. The lowest BCUT2D eigenvalue weighted by atomic mass is 10.0. The van der Waals surface area contributed by atoms with Gasteiger partial charge in [-0.1, -0.05) is 20.8 Å². The van der Waals surface area contributed by atoms with E-state index < -0.39 is 0 Å². The van der Waals surface area contributed by atoms with E-state index in [1.54, 1.807) is 6.20 Å². The summed E-state index contributed by atoms with van der Waals surface area (Å²) >= 11 is 6.05. The number of hydrogen-bond acceptors (Lipinski definition) is 3. The molecule has 5 heteroatoms. The van der Waals surface area contributed by atoms with E-state index >= 15 is 0 Å². The van der Waals surface area contributed by atoms with Gasteiger partial charge in [-0.25, -0.2) is 9.50 Å². The molecule has 1 atom stereocenters. The quantitative estimate of drug-likeness (QED) is 0.850. The predicted octanol–water partition coefficient (Wildman–Crippen LogP) is 3.67. The van der Waals surface area contributed by atoms with Crippen LogP contribution in [0.25, 0.3) is 5.52 Å². The molecule has 2 rings (SSSR count). The second-order valence-electron chi connectivity index (χ2n) is 5.50. The first-order valence-electron chi connectivity index (χ1n) is 6.67. The van der Waals surface area contributed by atoms with Gasteiger partial charge in [0, 0.05) is 23.8 Å². The van der Waals surface area contributed by atoms with Crippen LogP contribution in [-0.2, 0) is 0 Å². The molecule has 0 aromatic carbocycles. The number of rotatable bonds is 5. The Hall–Kier alpha value is -1.29. The van der Waals surface area contributed by atoms with Crippen LogP contribution in [-0.4, -0.2) is 26.0 Å². The average molecular weight is 281 g/mol. The fraction of sp³-hybridized carbons (Fsp3) is 0.571. The van der Waals surface area contributed by atoms with Crippen molar-refractivity contribution in [1.82, 2.24) is 14.6 Å². The van der Waals surface area contributed by atoms with Crippen molar-refractivity contribution in [2.45, 2.75) is 45.6 Å². The Labute approximate surface area is 119 Å². The van der Waals surface area contributed by atoms with Gasteiger partial charge >= 0.3 is 0 Å². The highest BCUT2D eigenvalue weighted by molar-refractivity contribution is 6.18. The fourth-order valence-electron chi connectivity index (χ4n) is 1.82. The summed E-state index contributed by atoms with van der Waals surface area (Å²) in [6, 6.07) is 2.09. The minimum atomic E-state index is -0.154. The molecule has 0 aliphatic rings. The van der Waals surface area contributed by atoms with Crippen LogP contribution in [0, 0.1) is 0 Å². The van der Waals surface area contributed by atoms with Gasteiger partial charge in [0.15, 0.2) is 5.82 Å². The molecule has 1 N–H and O–H groups in total. The highest BCUT2D eigenvalue weighted by Crippen LogP contribution is 2.24. The van der Waals surface area contributed by atoms with Crippen LogP contribution in [0.1, 0.15) is 45.7 Å². The summed E-state index contributed by atoms with van der Waals surface area (Å²) < 4.78 is 1.87. The lowest BCUT2D eigenvalue weighted by molar-refractivity contribution is 0.551. The lowest BCUT2D eigenvalue weighted by Gasteiger charge is -2.27. The number of nitrogens with one attached hydrogen (secondary N) is 1. The predicted molar refractivity (Wildman–Crippen MR) is 80.1 cm³/mol. The molecule has 0 fully saturated rings. The molecule has 0 radical (unpaired) electrons. The van der Waals surface area contributed by atoms with Crippen LogP contribution in [0.3, 0.4) is 0 Å². The van der Waals surface area contributed by atoms with Gasteiger partial charge < -0.3 is 5.32 Å². The highest BCUT2D eigenvalue weighted by Gasteiger charge is 2.22. The third kappa shape index (κ3) is 2.84. The van der Waals surface area contributed by atoms with Gasteiger partial charge in [0.2, 0.25) is 0 Å². The summed E-state index contributed by atoms with van der Waals surface area (Å²) in [5.41, 5.74) is 1.91. The maximum absolute atomic E-state index is 6.05. The maximum atomic E-state index is 6.05. The van der Waals surface area contributed by atoms with E-state index in [1.807, 2.05) is 10.7 Å². The number of anilines is 1. The van der Waals surface area contributed by atoms with E-state index in [-0.39, 0.29) is 5.54 Å². The van der Waals surface area contributed by atoms with E-state index in [0.29, 0.717) is 11.8 Å². The number of nitrogens with zero attached hydrogens (tertiary/aromatic N) is 3. The molecule has 0 aliphatic carbocycles. The van der Waals surface area contributed by atoms with Crippen molar-refractivity contribution >= 4 is 22.9 Å². The Morgan fingerprint density at radius 2 is 2.21 bits per heavy atom. The lowest BCUT2D eigenvalue weighted by Crippen LogP contribution is -2.36. The summed E-state index contributed by atoms with van der Waals surface area (Å²) in [6.45, 7) is 8.49. The third-order valence-corrected chi connectivity index (χ3v) is 4.09. The average Bonchev–Trinajstić information content (AvgIpc) is 2.84. The first-order valence-corrected chi connectivity index (χ1v) is 7.21. The monoisotopic (exact) mass is 280 g/mol. The topological polar surface area (TPSA) is 42.2 Å². The van der Waals surface area contributed by atoms with Crippen LogP contribution >= 0.6 is 11.6 Å². The Morgan fingerprint density at radius 1 is 1.47 bits per heavy atom. The van der Waals surface area contributed by atoms with Crippen LogP contribution in [0.4, 0.5) is 5.82 Å². The number of halogens is 1. The molecule has 0 spiro atoms. The molecule has 0 saturated heterocycles. The van der Waals surface area contributed by atoms with Gasteiger partial charge in [0.25, 0.3) is 0 Å². The number of fused-ring (bicyclic) bond motifs is 1. The van der Waals surface area contributed by atoms with Gasteiger partial charge in [-0.05, 0) is 25.3 Å². The van der Waals surface area contributed by atoms with Crippen LogP contribution in [0.2, 0.25) is 0 Å². The Kier molecular flexibility index (Phi) is 3.99. The SMILES string of the molecule is CCC(C)(CCl)Nc1nccn2nc(C(C)C)cc12. The normalized spacial score (nSPS) is 14.8. The Bertz CT molecular complexity index is 558. The van der Waals surface area contributed by atoms with Crippen LogP contribution < -0.4 is 5.32 Å². The molecule has 1 unspecified atom stereocenters. The van der Waals surface area contributed by atoms with E-state index in [2.05, 4.69) is 49.2 Å². The molecule has 2 aromatic heterocycles. The third-order valence-electron chi connectivity index (χ3n) is 3.50. The largest absolute Gasteiger partial charge is 0.362 e. The minimum Gasteiger partial charge on any atom is -0.362 e. The maximum Gasteiger partial charge on any atom is 0.152 e. The van der Waals surface area contributed by atoms with Crippen molar-refractivity contribution < 1.29 is 0 Å². The molecule has 0 bridgehead atoms. The zero-order chi connectivity index (χ0) is 14.0. The second-order valence-corrected chi connectivity index (χ2v) is 5.77. The zero-order valence-corrected chi connectivity index (χ0v) is 12.7. The van der Waals surface area contributed by atoms with Gasteiger partial charge in [-0.2, -0.15) is 5.10 Å². The molecule has 2 aromatic rings. The van der Waals surface area contributed by atoms with Gasteiger partial charge in [-0.3, -0.25) is 0 Å². The van der Waals surface area contributed by atoms with Crippen molar-refractivity contribution in [2.24, 2.45) is 0 Å². The van der Waals surface area contributed by atoms with E-state index in [9.17, 15) is 0 Å². The molecular weight excluding hydrogens is 260 g/mol. The minimum absolute atomic E-state index is 0.154. The molecule has 0 amide bonds. The Morgan fingerprint density at radius 3 is 2.79 bits per heavy atom. The van der Waals surface area contributed by atoms with Gasteiger partial charge in [0.05, 0.1) is 5.69 Å². The first kappa shape index (κ1) is 14.1. The number of aromatic nitrogens is 3. The summed E-state index contributed by atoms with van der Waals surface area (Å²) in [5, 5.41) is 8.00. The summed E-state index contributed by atoms with van der Waals surface area (Å²) in [7, 11) is 0. The van der Waals surface area contributed by atoms with Crippen molar-refractivity contribution in [3.63, 3.8) is 0 Å². The van der Waals surface area contributed by atoms with Crippen molar-refractivity contribution in [1.29, 1.82) is 0 Å². The van der Waals surface area contributed by atoms with Crippen molar-refractivity contribution in [3.05, 3.63) is 24.2 Å². The fourth-order valence-corrected chi connectivity index (χ4v) is 2.08. The molecule has 0 aliphatic heterocycles. The molecule has 2 heterocycles. The number of hydrogen-bond donors (Lipinski definition) is 1. The van der Waals surface area contributed by atoms with Crippen molar-refractivity contribution in [3.8, 4) is 0 Å². The van der Waals surface area contributed by atoms with E-state index in [0.717, 1.165) is 23.4 Å². The Balaban J connectivity index is 2.43. The van der Waals surface area contributed by atoms with Gasteiger partial charge in [0.1, 0.15) is 5.52 Å². The van der Waals surface area contributed by atoms with Crippen LogP contribution in [0.5, 0.6) is 0 Å². The standard InChI is InChI=1S/C14H21ClN4/c1-5-14(4,9-15)17-13-12-8-11(10(2)3)18-19(12)7-6-16-13/h6-8,10H,5,9H2,1-4H3,(H,16,17). The smallest absolute Gasteiger partial charge is 0.152 e. The summed E-state index contributed by atoms with van der Waals surface area (Å²) in [4.78, 5) is 4.43. The molecule has 0 saturated carbocycles. The van der Waals surface area contributed by atoms with Gasteiger partial charge in [-0.15, -0.1) is 11.6 Å². The van der Waals surface area contributed by atoms with Crippen molar-refractivity contribution in [2.75, 3.05) is 11.2 Å². The highest BCUT2D eigenvalue weighted by atomic mass is 35.5. The van der Waals surface area contributed by atoms with E-state index in [1.165, 1.54) is 0 Å². The van der Waals surface area contributed by atoms with E-state index in [4.69, 9.17) is 11.6 Å².